The van der Waals surface area contributed by atoms with Gasteiger partial charge in [0.25, 0.3) is 0 Å². The number of ketones is 1. The number of methoxy groups -OCH3 is 2. The summed E-state index contributed by atoms with van der Waals surface area (Å²) in [7, 11) is 2.63. The van der Waals surface area contributed by atoms with Crippen molar-refractivity contribution in [2.75, 3.05) is 37.9 Å². The van der Waals surface area contributed by atoms with Crippen molar-refractivity contribution in [1.82, 2.24) is 9.88 Å². The number of likely N-dealkylation sites (tertiary alicyclic amines) is 1. The van der Waals surface area contributed by atoms with Crippen molar-refractivity contribution in [2.45, 2.75) is 25.2 Å². The number of carbonyl (C=O) groups excluding carboxylic acids is 3. The van der Waals surface area contributed by atoms with Gasteiger partial charge in [0.05, 0.1) is 37.6 Å². The van der Waals surface area contributed by atoms with Gasteiger partial charge in [-0.1, -0.05) is 12.1 Å². The molecular formula is C28H28BrFN4O6. The molecule has 0 bridgehead atoms. The van der Waals surface area contributed by atoms with Crippen molar-refractivity contribution in [3.8, 4) is 11.6 Å². The summed E-state index contributed by atoms with van der Waals surface area (Å²) in [5.74, 6) is -4.02. The summed E-state index contributed by atoms with van der Waals surface area (Å²) < 4.78 is 32.7. The standard InChI is InChI=1S/C28H28BrFN4O6/c1-38-25-23(33-27(37)32-22-8-4-3-7-21(22)29)14-11-19(31-25)17-24(35)28(30,34-15-5-6-16-34)40-20-12-9-18(10-13-20)26(36)39-2/h3-4,7-14H,5-6,15-17H2,1-2H3,(H2,32,33,37). The Morgan fingerprint density at radius 2 is 1.65 bits per heavy atom. The van der Waals surface area contributed by atoms with Gasteiger partial charge in [0.15, 0.2) is 0 Å². The first kappa shape index (κ1) is 29.0. The minimum Gasteiger partial charge on any atom is -0.480 e. The van der Waals surface area contributed by atoms with Gasteiger partial charge in [-0.15, -0.1) is 0 Å². The molecule has 40 heavy (non-hydrogen) atoms. The Bertz CT molecular complexity index is 1380. The average Bonchev–Trinajstić information content (AvgIpc) is 3.51. The van der Waals surface area contributed by atoms with E-state index >= 15 is 4.39 Å². The zero-order valence-electron chi connectivity index (χ0n) is 21.9. The van der Waals surface area contributed by atoms with Crippen LogP contribution in [0.3, 0.4) is 0 Å². The fraction of sp³-hybridized carbons (Fsp3) is 0.286. The normalized spacial score (nSPS) is 14.6. The highest BCUT2D eigenvalue weighted by atomic mass is 79.9. The van der Waals surface area contributed by atoms with E-state index in [2.05, 4.69) is 36.3 Å². The molecule has 1 fully saturated rings. The van der Waals surface area contributed by atoms with Crippen LogP contribution >= 0.6 is 15.9 Å². The molecule has 2 heterocycles. The van der Waals surface area contributed by atoms with Crippen LogP contribution in [0, 0.1) is 0 Å². The maximum Gasteiger partial charge on any atom is 0.371 e. The number of para-hydroxylation sites is 1. The van der Waals surface area contributed by atoms with Crippen LogP contribution in [-0.4, -0.2) is 61.0 Å². The Kier molecular flexibility index (Phi) is 9.33. The van der Waals surface area contributed by atoms with Crippen LogP contribution in [0.2, 0.25) is 0 Å². The highest BCUT2D eigenvalue weighted by molar-refractivity contribution is 9.10. The van der Waals surface area contributed by atoms with Gasteiger partial charge in [0.2, 0.25) is 11.7 Å². The van der Waals surface area contributed by atoms with Crippen LogP contribution < -0.4 is 20.1 Å². The van der Waals surface area contributed by atoms with Crippen molar-refractivity contribution >= 4 is 45.1 Å². The first-order chi connectivity index (χ1) is 19.2. The zero-order chi connectivity index (χ0) is 28.7. The number of hydrogen-bond donors (Lipinski definition) is 2. The van der Waals surface area contributed by atoms with Crippen molar-refractivity contribution in [3.63, 3.8) is 0 Å². The lowest BCUT2D eigenvalue weighted by molar-refractivity contribution is -0.191. The molecule has 4 rings (SSSR count). The summed E-state index contributed by atoms with van der Waals surface area (Å²) >= 11 is 3.37. The topological polar surface area (TPSA) is 119 Å². The number of anilines is 2. The molecule has 0 saturated carbocycles. The summed E-state index contributed by atoms with van der Waals surface area (Å²) in [5.41, 5.74) is 1.32. The summed E-state index contributed by atoms with van der Waals surface area (Å²) in [5, 5.41) is 5.37. The SMILES string of the molecule is COC(=O)c1ccc(OC(F)(C(=O)Cc2ccc(NC(=O)Nc3ccccc3Br)c(OC)n2)N2CCCC2)cc1. The number of pyridine rings is 1. The highest BCUT2D eigenvalue weighted by Crippen LogP contribution is 2.31. The Morgan fingerprint density at radius 1 is 0.975 bits per heavy atom. The van der Waals surface area contributed by atoms with Crippen LogP contribution in [0.5, 0.6) is 11.6 Å². The van der Waals surface area contributed by atoms with Crippen molar-refractivity contribution < 1.29 is 33.0 Å². The largest absolute Gasteiger partial charge is 0.480 e. The molecule has 1 aromatic heterocycles. The molecule has 1 aliphatic heterocycles. The number of amides is 2. The van der Waals surface area contributed by atoms with Crippen LogP contribution in [-0.2, 0) is 16.0 Å². The maximum atomic E-state index is 16.4. The van der Waals surface area contributed by atoms with Gasteiger partial charge < -0.3 is 24.8 Å². The van der Waals surface area contributed by atoms with Gasteiger partial charge in [-0.25, -0.2) is 19.5 Å². The Morgan fingerprint density at radius 3 is 2.30 bits per heavy atom. The number of nitrogens with one attached hydrogen (secondary N) is 2. The van der Waals surface area contributed by atoms with Crippen molar-refractivity contribution in [1.29, 1.82) is 0 Å². The van der Waals surface area contributed by atoms with Gasteiger partial charge >= 0.3 is 18.0 Å². The molecule has 1 unspecified atom stereocenters. The molecule has 10 nitrogen and oxygen atoms in total. The quantitative estimate of drug-likeness (QED) is 0.236. The first-order valence-corrected chi connectivity index (χ1v) is 13.2. The molecule has 3 aromatic rings. The Labute approximate surface area is 238 Å². The molecule has 2 aromatic carbocycles. The van der Waals surface area contributed by atoms with Crippen LogP contribution in [0.4, 0.5) is 20.6 Å². The number of alkyl halides is 1. The second-order valence-electron chi connectivity index (χ2n) is 8.89. The number of urea groups is 1. The van der Waals surface area contributed by atoms with Crippen LogP contribution in [0.1, 0.15) is 28.9 Å². The Hall–Kier alpha value is -4.03. The lowest BCUT2D eigenvalue weighted by Gasteiger charge is -2.33. The van der Waals surface area contributed by atoms with E-state index < -0.39 is 30.2 Å². The van der Waals surface area contributed by atoms with E-state index in [1.165, 1.54) is 55.5 Å². The molecule has 0 radical (unpaired) electrons. The molecule has 2 amide bonds. The zero-order valence-corrected chi connectivity index (χ0v) is 23.5. The van der Waals surface area contributed by atoms with E-state index in [-0.39, 0.29) is 28.6 Å². The average molecular weight is 615 g/mol. The lowest BCUT2D eigenvalue weighted by Crippen LogP contribution is -2.55. The predicted molar refractivity (Wildman–Crippen MR) is 149 cm³/mol. The third kappa shape index (κ3) is 6.75. The summed E-state index contributed by atoms with van der Waals surface area (Å²) in [6, 6.07) is 15.3. The number of ether oxygens (including phenoxy) is 3. The van der Waals surface area contributed by atoms with Crippen LogP contribution in [0.25, 0.3) is 0 Å². The molecule has 0 spiro atoms. The number of aromatic nitrogens is 1. The van der Waals surface area contributed by atoms with Crippen LogP contribution in [0.15, 0.2) is 65.1 Å². The number of rotatable bonds is 10. The fourth-order valence-corrected chi connectivity index (χ4v) is 4.56. The van der Waals surface area contributed by atoms with Gasteiger partial charge in [-0.2, -0.15) is 4.39 Å². The monoisotopic (exact) mass is 614 g/mol. The maximum absolute atomic E-state index is 16.4. The third-order valence-corrected chi connectivity index (χ3v) is 6.90. The molecule has 1 saturated heterocycles. The first-order valence-electron chi connectivity index (χ1n) is 12.4. The molecule has 2 N–H and O–H groups in total. The molecule has 0 aliphatic carbocycles. The fourth-order valence-electron chi connectivity index (χ4n) is 4.18. The van der Waals surface area contributed by atoms with Crippen molar-refractivity contribution in [2.24, 2.45) is 0 Å². The second kappa shape index (κ2) is 12.9. The second-order valence-corrected chi connectivity index (χ2v) is 9.75. The number of esters is 1. The minimum atomic E-state index is -2.75. The third-order valence-electron chi connectivity index (χ3n) is 6.21. The molecular weight excluding hydrogens is 587 g/mol. The van der Waals surface area contributed by atoms with Gasteiger partial charge in [0.1, 0.15) is 11.4 Å². The van der Waals surface area contributed by atoms with E-state index in [4.69, 9.17) is 9.47 Å². The molecule has 1 atom stereocenters. The number of benzene rings is 2. The van der Waals surface area contributed by atoms with E-state index in [1.54, 1.807) is 18.2 Å². The number of hydrogen-bond acceptors (Lipinski definition) is 8. The summed E-state index contributed by atoms with van der Waals surface area (Å²) in [6.07, 6.45) is 1.04. The molecule has 1 aliphatic rings. The summed E-state index contributed by atoms with van der Waals surface area (Å²) in [4.78, 5) is 43.3. The van der Waals surface area contributed by atoms with Gasteiger partial charge in [-0.3, -0.25) is 4.79 Å². The van der Waals surface area contributed by atoms with Gasteiger partial charge in [-0.05, 0) is 77.3 Å². The van der Waals surface area contributed by atoms with E-state index in [0.717, 1.165) is 12.8 Å². The number of nitrogens with zero attached hydrogens (tertiary/aromatic N) is 2. The Balaban J connectivity index is 1.49. The number of carbonyl (C=O) groups is 3. The van der Waals surface area contributed by atoms with E-state index in [9.17, 15) is 14.4 Å². The number of Topliss-reactive ketones (excluding diaryl/α,β-unsaturated/α-hetero) is 1. The van der Waals surface area contributed by atoms with E-state index in [1.807, 2.05) is 6.07 Å². The smallest absolute Gasteiger partial charge is 0.371 e. The lowest BCUT2D eigenvalue weighted by atomic mass is 10.1. The minimum absolute atomic E-state index is 0.0533. The molecule has 12 heteroatoms. The van der Waals surface area contributed by atoms with Crippen molar-refractivity contribution in [3.05, 3.63) is 76.4 Å². The van der Waals surface area contributed by atoms with Gasteiger partial charge in [0, 0.05) is 17.6 Å². The number of halogens is 2. The van der Waals surface area contributed by atoms with E-state index in [0.29, 0.717) is 23.2 Å². The highest BCUT2D eigenvalue weighted by Gasteiger charge is 2.48. The predicted octanol–water partition coefficient (Wildman–Crippen LogP) is 5.19. The molecule has 210 valence electrons. The summed E-state index contributed by atoms with van der Waals surface area (Å²) in [6.45, 7) is 0.684.